The predicted octanol–water partition coefficient (Wildman–Crippen LogP) is 3.71. The van der Waals surface area contributed by atoms with E-state index >= 15 is 0 Å². The van der Waals surface area contributed by atoms with Gasteiger partial charge in [-0.1, -0.05) is 0 Å². The molecule has 0 saturated heterocycles. The Bertz CT molecular complexity index is 534. The first-order valence-electron chi connectivity index (χ1n) is 7.75. The molecule has 2 amide bonds. The van der Waals surface area contributed by atoms with Crippen molar-refractivity contribution in [3.05, 3.63) is 24.3 Å². The Morgan fingerprint density at radius 2 is 1.96 bits per heavy atom. The van der Waals surface area contributed by atoms with Gasteiger partial charge in [0.25, 0.3) is 0 Å². The third-order valence-corrected chi connectivity index (χ3v) is 3.79. The summed E-state index contributed by atoms with van der Waals surface area (Å²) < 4.78 is 46.5. The second-order valence-electron chi connectivity index (χ2n) is 5.74. The van der Waals surface area contributed by atoms with Crippen molar-refractivity contribution in [3.8, 4) is 5.75 Å². The predicted molar refractivity (Wildman–Crippen MR) is 83.2 cm³/mol. The van der Waals surface area contributed by atoms with Crippen molar-refractivity contribution < 1.29 is 27.4 Å². The van der Waals surface area contributed by atoms with Crippen molar-refractivity contribution in [2.24, 2.45) is 0 Å². The number of ether oxygens (including phenoxy) is 2. The SMILES string of the molecule is COc1ccc(NC(=O)N[C@@H]2CCC[C@H](OCC(F)(F)F)C2)cc1. The van der Waals surface area contributed by atoms with Crippen LogP contribution < -0.4 is 15.4 Å². The van der Waals surface area contributed by atoms with E-state index in [1.54, 1.807) is 31.4 Å². The Morgan fingerprint density at radius 1 is 1.25 bits per heavy atom. The summed E-state index contributed by atoms with van der Waals surface area (Å²) in [5.74, 6) is 0.679. The van der Waals surface area contributed by atoms with Crippen molar-refractivity contribution in [3.63, 3.8) is 0 Å². The van der Waals surface area contributed by atoms with Crippen LogP contribution >= 0.6 is 0 Å². The van der Waals surface area contributed by atoms with Gasteiger partial charge >= 0.3 is 12.2 Å². The maximum atomic E-state index is 12.2. The van der Waals surface area contributed by atoms with Crippen molar-refractivity contribution in [2.75, 3.05) is 19.0 Å². The molecule has 5 nitrogen and oxygen atoms in total. The monoisotopic (exact) mass is 346 g/mol. The Kier molecular flexibility index (Phi) is 6.30. The molecule has 1 aromatic carbocycles. The van der Waals surface area contributed by atoms with E-state index in [-0.39, 0.29) is 12.1 Å². The molecule has 0 radical (unpaired) electrons. The van der Waals surface area contributed by atoms with E-state index in [1.807, 2.05) is 0 Å². The van der Waals surface area contributed by atoms with Crippen LogP contribution in [0.15, 0.2) is 24.3 Å². The van der Waals surface area contributed by atoms with Gasteiger partial charge in [0.1, 0.15) is 12.4 Å². The van der Waals surface area contributed by atoms with Gasteiger partial charge in [-0.15, -0.1) is 0 Å². The summed E-state index contributed by atoms with van der Waals surface area (Å²) in [7, 11) is 1.55. The summed E-state index contributed by atoms with van der Waals surface area (Å²) in [4.78, 5) is 12.0. The number of hydrogen-bond donors (Lipinski definition) is 2. The van der Waals surface area contributed by atoms with Crippen molar-refractivity contribution in [1.29, 1.82) is 0 Å². The largest absolute Gasteiger partial charge is 0.497 e. The lowest BCUT2D eigenvalue weighted by molar-refractivity contribution is -0.188. The first-order chi connectivity index (χ1) is 11.4. The number of halogens is 3. The van der Waals surface area contributed by atoms with Gasteiger partial charge in [-0.2, -0.15) is 13.2 Å². The highest BCUT2D eigenvalue weighted by Gasteiger charge is 2.31. The lowest BCUT2D eigenvalue weighted by atomic mass is 9.93. The summed E-state index contributed by atoms with van der Waals surface area (Å²) in [6, 6.07) is 6.26. The molecule has 2 rings (SSSR count). The minimum absolute atomic E-state index is 0.199. The van der Waals surface area contributed by atoms with Crippen LogP contribution in [0.5, 0.6) is 5.75 Å². The highest BCUT2D eigenvalue weighted by Crippen LogP contribution is 2.24. The van der Waals surface area contributed by atoms with E-state index in [0.29, 0.717) is 24.3 Å². The molecule has 0 heterocycles. The standard InChI is InChI=1S/C16H21F3N2O3/c1-23-13-7-5-11(6-8-13)20-15(22)21-12-3-2-4-14(9-12)24-10-16(17,18)19/h5-8,12,14H,2-4,9-10H2,1H3,(H2,20,21,22)/t12-,14+/m1/s1. The van der Waals surface area contributed by atoms with Crippen LogP contribution in [0.25, 0.3) is 0 Å². The van der Waals surface area contributed by atoms with E-state index in [2.05, 4.69) is 10.6 Å². The number of anilines is 1. The molecule has 1 saturated carbocycles. The molecule has 24 heavy (non-hydrogen) atoms. The number of urea groups is 1. The molecule has 2 atom stereocenters. The molecule has 1 aliphatic carbocycles. The Labute approximate surface area is 138 Å². The van der Waals surface area contributed by atoms with Gasteiger partial charge in [0.15, 0.2) is 0 Å². The molecule has 1 aromatic rings. The molecule has 134 valence electrons. The van der Waals surface area contributed by atoms with Gasteiger partial charge < -0.3 is 20.1 Å². The third-order valence-electron chi connectivity index (χ3n) is 3.79. The Balaban J connectivity index is 1.78. The molecular weight excluding hydrogens is 325 g/mol. The molecule has 1 fully saturated rings. The minimum atomic E-state index is -4.33. The minimum Gasteiger partial charge on any atom is -0.497 e. The van der Waals surface area contributed by atoms with Crippen molar-refractivity contribution >= 4 is 11.7 Å². The number of alkyl halides is 3. The fourth-order valence-electron chi connectivity index (χ4n) is 2.67. The summed E-state index contributed by atoms with van der Waals surface area (Å²) in [5, 5.41) is 5.47. The average molecular weight is 346 g/mol. The second kappa shape index (κ2) is 8.23. The highest BCUT2D eigenvalue weighted by molar-refractivity contribution is 5.89. The molecule has 0 unspecified atom stereocenters. The zero-order valence-electron chi connectivity index (χ0n) is 13.4. The van der Waals surface area contributed by atoms with Crippen LogP contribution in [-0.2, 0) is 4.74 Å². The van der Waals surface area contributed by atoms with Gasteiger partial charge in [-0.05, 0) is 49.9 Å². The number of carbonyl (C=O) groups is 1. The molecule has 0 spiro atoms. The number of carbonyl (C=O) groups excluding carboxylic acids is 1. The zero-order valence-corrected chi connectivity index (χ0v) is 13.4. The van der Waals surface area contributed by atoms with Gasteiger partial charge in [0.2, 0.25) is 0 Å². The molecule has 8 heteroatoms. The molecule has 0 aliphatic heterocycles. The van der Waals surface area contributed by atoms with Gasteiger partial charge in [-0.3, -0.25) is 0 Å². The molecule has 2 N–H and O–H groups in total. The quantitative estimate of drug-likeness (QED) is 0.854. The maximum absolute atomic E-state index is 12.2. The average Bonchev–Trinajstić information content (AvgIpc) is 2.53. The number of hydrogen-bond acceptors (Lipinski definition) is 3. The van der Waals surface area contributed by atoms with Crippen molar-refractivity contribution in [1.82, 2.24) is 5.32 Å². The summed E-state index contributed by atoms with van der Waals surface area (Å²) in [6.07, 6.45) is -2.41. The highest BCUT2D eigenvalue weighted by atomic mass is 19.4. The number of amides is 2. The van der Waals surface area contributed by atoms with Gasteiger partial charge in [0, 0.05) is 11.7 Å². The second-order valence-corrected chi connectivity index (χ2v) is 5.74. The Morgan fingerprint density at radius 3 is 2.58 bits per heavy atom. The van der Waals surface area contributed by atoms with Crippen LogP contribution in [0.1, 0.15) is 25.7 Å². The first kappa shape index (κ1) is 18.4. The van der Waals surface area contributed by atoms with Crippen LogP contribution in [0.2, 0.25) is 0 Å². The van der Waals surface area contributed by atoms with E-state index in [1.165, 1.54) is 0 Å². The summed E-state index contributed by atoms with van der Waals surface area (Å²) in [6.45, 7) is -1.25. The summed E-state index contributed by atoms with van der Waals surface area (Å²) >= 11 is 0. The lowest BCUT2D eigenvalue weighted by Gasteiger charge is -2.30. The number of rotatable bonds is 5. The molecule has 0 bridgehead atoms. The van der Waals surface area contributed by atoms with E-state index in [0.717, 1.165) is 12.8 Å². The van der Waals surface area contributed by atoms with Crippen LogP contribution in [0.3, 0.4) is 0 Å². The van der Waals surface area contributed by atoms with Crippen LogP contribution in [0, 0.1) is 0 Å². The zero-order chi connectivity index (χ0) is 17.6. The smallest absolute Gasteiger partial charge is 0.411 e. The van der Waals surface area contributed by atoms with Crippen LogP contribution in [-0.4, -0.2) is 38.1 Å². The Hall–Kier alpha value is -1.96. The summed E-state index contributed by atoms with van der Waals surface area (Å²) in [5.41, 5.74) is 0.606. The number of methoxy groups -OCH3 is 1. The fourth-order valence-corrected chi connectivity index (χ4v) is 2.67. The van der Waals surface area contributed by atoms with Crippen molar-refractivity contribution in [2.45, 2.75) is 44.0 Å². The molecular formula is C16H21F3N2O3. The number of nitrogens with one attached hydrogen (secondary N) is 2. The molecule has 0 aromatic heterocycles. The van der Waals surface area contributed by atoms with Gasteiger partial charge in [0.05, 0.1) is 13.2 Å². The number of benzene rings is 1. The fraction of sp³-hybridized carbons (Fsp3) is 0.562. The molecule has 1 aliphatic rings. The first-order valence-corrected chi connectivity index (χ1v) is 7.75. The van der Waals surface area contributed by atoms with E-state index < -0.39 is 18.9 Å². The van der Waals surface area contributed by atoms with Crippen LogP contribution in [0.4, 0.5) is 23.7 Å². The lowest BCUT2D eigenvalue weighted by Crippen LogP contribution is -2.43. The van der Waals surface area contributed by atoms with E-state index in [9.17, 15) is 18.0 Å². The third kappa shape index (κ3) is 6.27. The normalized spacial score (nSPS) is 21.2. The van der Waals surface area contributed by atoms with E-state index in [4.69, 9.17) is 9.47 Å². The topological polar surface area (TPSA) is 59.6 Å². The maximum Gasteiger partial charge on any atom is 0.411 e. The van der Waals surface area contributed by atoms with Gasteiger partial charge in [-0.25, -0.2) is 4.79 Å².